The van der Waals surface area contributed by atoms with Gasteiger partial charge in [0.2, 0.25) is 0 Å². The highest BCUT2D eigenvalue weighted by atomic mass is 16.6. The molecule has 1 unspecified atom stereocenters. The van der Waals surface area contributed by atoms with Gasteiger partial charge in [0.25, 0.3) is 17.4 Å². The van der Waals surface area contributed by atoms with E-state index < -0.39 is 28.4 Å². The first-order valence-electron chi connectivity index (χ1n) is 10.7. The number of para-hydroxylation sites is 1. The minimum Gasteiger partial charge on any atom is -0.507 e. The lowest BCUT2D eigenvalue weighted by molar-refractivity contribution is -0.384. The molecule has 1 aliphatic heterocycles. The largest absolute Gasteiger partial charge is 0.507 e. The molecule has 172 valence electrons. The van der Waals surface area contributed by atoms with Gasteiger partial charge < -0.3 is 9.84 Å². The molecule has 1 N–H and O–H groups in total. The molecule has 1 amide bonds. The minimum atomic E-state index is -0.898. The Kier molecular flexibility index (Phi) is 6.14. The van der Waals surface area contributed by atoms with Gasteiger partial charge in [-0.05, 0) is 55.8 Å². The third kappa shape index (κ3) is 4.25. The molecule has 3 aromatic rings. The van der Waals surface area contributed by atoms with Crippen molar-refractivity contribution >= 4 is 28.8 Å². The molecule has 4 rings (SSSR count). The number of carbonyl (C=O) groups excluding carboxylic acids is 2. The number of Topliss-reactive ketones (excluding diaryl/α,β-unsaturated/α-hetero) is 1. The lowest BCUT2D eigenvalue weighted by Gasteiger charge is -2.25. The number of aliphatic hydroxyl groups excluding tert-OH is 1. The van der Waals surface area contributed by atoms with Crippen LogP contribution in [0.4, 0.5) is 11.4 Å². The second-order valence-corrected chi connectivity index (χ2v) is 8.04. The first-order chi connectivity index (χ1) is 16.3. The quantitative estimate of drug-likeness (QED) is 0.183. The highest BCUT2D eigenvalue weighted by Crippen LogP contribution is 2.42. The summed E-state index contributed by atoms with van der Waals surface area (Å²) in [5.74, 6) is -1.39. The van der Waals surface area contributed by atoms with Gasteiger partial charge in [-0.15, -0.1) is 0 Å². The lowest BCUT2D eigenvalue weighted by atomic mass is 9.95. The van der Waals surface area contributed by atoms with Crippen LogP contribution in [0.3, 0.4) is 0 Å². The lowest BCUT2D eigenvalue weighted by Crippen LogP contribution is -2.29. The SMILES string of the molecule is CC(C)Oc1ccc(C2/C(=C(/O)c3ccc([N+](=O)[O-])cc3)C(=O)C(=O)N2c2ccccc2)cc1. The van der Waals surface area contributed by atoms with Crippen molar-refractivity contribution in [2.45, 2.75) is 26.0 Å². The van der Waals surface area contributed by atoms with E-state index in [2.05, 4.69) is 0 Å². The van der Waals surface area contributed by atoms with Crippen molar-refractivity contribution in [3.05, 3.63) is 106 Å². The Labute approximate surface area is 195 Å². The van der Waals surface area contributed by atoms with Crippen LogP contribution in [-0.2, 0) is 9.59 Å². The van der Waals surface area contributed by atoms with E-state index in [-0.39, 0.29) is 22.9 Å². The molecule has 1 aliphatic rings. The van der Waals surface area contributed by atoms with Gasteiger partial charge in [0.05, 0.1) is 22.6 Å². The summed E-state index contributed by atoms with van der Waals surface area (Å²) in [5, 5.41) is 22.1. The normalized spacial score (nSPS) is 17.3. The summed E-state index contributed by atoms with van der Waals surface area (Å²) >= 11 is 0. The predicted molar refractivity (Wildman–Crippen MR) is 127 cm³/mol. The predicted octanol–water partition coefficient (Wildman–Crippen LogP) is 5.01. The van der Waals surface area contributed by atoms with Crippen LogP contribution < -0.4 is 9.64 Å². The third-order valence-electron chi connectivity index (χ3n) is 5.40. The van der Waals surface area contributed by atoms with E-state index in [4.69, 9.17) is 4.74 Å². The number of carbonyl (C=O) groups is 2. The van der Waals surface area contributed by atoms with E-state index in [0.29, 0.717) is 17.0 Å². The number of nitrogens with zero attached hydrogens (tertiary/aromatic N) is 2. The molecule has 0 saturated carbocycles. The molecule has 1 saturated heterocycles. The van der Waals surface area contributed by atoms with Crippen molar-refractivity contribution in [2.75, 3.05) is 4.90 Å². The highest BCUT2D eigenvalue weighted by Gasteiger charge is 2.46. The van der Waals surface area contributed by atoms with Crippen LogP contribution in [0.15, 0.2) is 84.4 Å². The number of non-ortho nitro benzene ring substituents is 1. The molecule has 1 heterocycles. The number of hydrogen-bond acceptors (Lipinski definition) is 6. The second kappa shape index (κ2) is 9.19. The van der Waals surface area contributed by atoms with Gasteiger partial charge in [-0.2, -0.15) is 0 Å². The Morgan fingerprint density at radius 2 is 1.59 bits per heavy atom. The van der Waals surface area contributed by atoms with Gasteiger partial charge in [0.15, 0.2) is 0 Å². The number of amides is 1. The molecule has 0 bridgehead atoms. The first kappa shape index (κ1) is 22.7. The average molecular weight is 458 g/mol. The van der Waals surface area contributed by atoms with E-state index in [0.717, 1.165) is 0 Å². The maximum absolute atomic E-state index is 13.1. The number of benzene rings is 3. The summed E-state index contributed by atoms with van der Waals surface area (Å²) in [5.41, 5.74) is 1.04. The zero-order chi connectivity index (χ0) is 24.4. The Morgan fingerprint density at radius 1 is 0.971 bits per heavy atom. The molecule has 1 atom stereocenters. The summed E-state index contributed by atoms with van der Waals surface area (Å²) < 4.78 is 5.70. The maximum atomic E-state index is 13.1. The van der Waals surface area contributed by atoms with Crippen LogP contribution in [0.2, 0.25) is 0 Å². The Bertz CT molecular complexity index is 1260. The zero-order valence-corrected chi connectivity index (χ0v) is 18.5. The van der Waals surface area contributed by atoms with Crippen LogP contribution >= 0.6 is 0 Å². The van der Waals surface area contributed by atoms with Crippen LogP contribution in [0, 0.1) is 10.1 Å². The fourth-order valence-corrected chi connectivity index (χ4v) is 3.90. The smallest absolute Gasteiger partial charge is 0.300 e. The van der Waals surface area contributed by atoms with E-state index in [9.17, 15) is 24.8 Å². The number of anilines is 1. The molecule has 0 aliphatic carbocycles. The first-order valence-corrected chi connectivity index (χ1v) is 10.7. The molecule has 0 aromatic heterocycles. The second-order valence-electron chi connectivity index (χ2n) is 8.04. The summed E-state index contributed by atoms with van der Waals surface area (Å²) in [4.78, 5) is 38.0. The Hall–Kier alpha value is -4.46. The van der Waals surface area contributed by atoms with Crippen LogP contribution in [0.25, 0.3) is 5.76 Å². The number of nitro benzene ring substituents is 1. The molecule has 1 fully saturated rings. The molecule has 3 aromatic carbocycles. The van der Waals surface area contributed by atoms with Crippen molar-refractivity contribution in [1.29, 1.82) is 0 Å². The number of ether oxygens (including phenoxy) is 1. The molecular weight excluding hydrogens is 436 g/mol. The fraction of sp³-hybridized carbons (Fsp3) is 0.154. The monoisotopic (exact) mass is 458 g/mol. The van der Waals surface area contributed by atoms with Gasteiger partial charge in [0.1, 0.15) is 11.5 Å². The zero-order valence-electron chi connectivity index (χ0n) is 18.5. The number of aliphatic hydroxyl groups is 1. The summed E-state index contributed by atoms with van der Waals surface area (Å²) in [6, 6.07) is 19.9. The number of rotatable bonds is 6. The van der Waals surface area contributed by atoms with Crippen molar-refractivity contribution in [3.63, 3.8) is 0 Å². The van der Waals surface area contributed by atoms with Crippen molar-refractivity contribution in [3.8, 4) is 5.75 Å². The van der Waals surface area contributed by atoms with Gasteiger partial charge >= 0.3 is 0 Å². The van der Waals surface area contributed by atoms with Crippen LogP contribution in [-0.4, -0.2) is 27.8 Å². The number of nitro groups is 1. The number of ketones is 1. The fourth-order valence-electron chi connectivity index (χ4n) is 3.90. The number of hydrogen-bond donors (Lipinski definition) is 1. The van der Waals surface area contributed by atoms with Crippen molar-refractivity contribution in [2.24, 2.45) is 0 Å². The van der Waals surface area contributed by atoms with Crippen LogP contribution in [0.1, 0.15) is 31.0 Å². The van der Waals surface area contributed by atoms with Gasteiger partial charge in [0, 0.05) is 23.4 Å². The molecule has 0 spiro atoms. The average Bonchev–Trinajstić information content (AvgIpc) is 3.09. The summed E-state index contributed by atoms with van der Waals surface area (Å²) in [6.07, 6.45) is -0.0251. The molecule has 8 heteroatoms. The summed E-state index contributed by atoms with van der Waals surface area (Å²) in [7, 11) is 0. The van der Waals surface area contributed by atoms with Gasteiger partial charge in [-0.25, -0.2) is 0 Å². The van der Waals surface area contributed by atoms with E-state index >= 15 is 0 Å². The van der Waals surface area contributed by atoms with Crippen LogP contribution in [0.5, 0.6) is 5.75 Å². The topological polar surface area (TPSA) is 110 Å². The van der Waals surface area contributed by atoms with Crippen molar-refractivity contribution < 1.29 is 24.4 Å². The van der Waals surface area contributed by atoms with E-state index in [1.807, 2.05) is 13.8 Å². The third-order valence-corrected chi connectivity index (χ3v) is 5.40. The Balaban J connectivity index is 1.86. The van der Waals surface area contributed by atoms with Crippen molar-refractivity contribution in [1.82, 2.24) is 0 Å². The van der Waals surface area contributed by atoms with E-state index in [1.165, 1.54) is 29.2 Å². The summed E-state index contributed by atoms with van der Waals surface area (Å²) in [6.45, 7) is 3.81. The Morgan fingerprint density at radius 3 is 2.15 bits per heavy atom. The highest BCUT2D eigenvalue weighted by molar-refractivity contribution is 6.51. The molecule has 8 nitrogen and oxygen atoms in total. The molecule has 0 radical (unpaired) electrons. The standard InChI is InChI=1S/C26H22N2O6/c1-16(2)34-21-14-10-17(11-15-21)23-22(24(29)18-8-12-20(13-9-18)28(32)33)25(30)26(31)27(23)19-6-4-3-5-7-19/h3-16,23,29H,1-2H3/b24-22-. The van der Waals surface area contributed by atoms with Gasteiger partial charge in [-0.1, -0.05) is 30.3 Å². The molecule has 34 heavy (non-hydrogen) atoms. The minimum absolute atomic E-state index is 0.0251. The maximum Gasteiger partial charge on any atom is 0.300 e. The van der Waals surface area contributed by atoms with E-state index in [1.54, 1.807) is 54.6 Å². The molecular formula is C26H22N2O6. The van der Waals surface area contributed by atoms with Gasteiger partial charge in [-0.3, -0.25) is 24.6 Å².